The van der Waals surface area contributed by atoms with Crippen molar-refractivity contribution < 1.29 is 25.2 Å². The van der Waals surface area contributed by atoms with E-state index in [4.69, 9.17) is 40.2 Å². The van der Waals surface area contributed by atoms with Crippen molar-refractivity contribution in [1.29, 1.82) is 0 Å². The zero-order chi connectivity index (χ0) is 21.1. The van der Waals surface area contributed by atoms with Crippen molar-refractivity contribution in [3.05, 3.63) is 35.2 Å². The summed E-state index contributed by atoms with van der Waals surface area (Å²) >= 11 is 6.16. The zero-order valence-corrected chi connectivity index (χ0v) is 15.3. The second-order valence-electron chi connectivity index (χ2n) is 6.08. The highest BCUT2D eigenvalue weighted by Gasteiger charge is 2.39. The van der Waals surface area contributed by atoms with Crippen molar-refractivity contribution in [2.45, 2.75) is 17.1 Å². The number of aromatic nitrogens is 2. The third-order valence-electron chi connectivity index (χ3n) is 3.67. The van der Waals surface area contributed by atoms with E-state index in [9.17, 15) is 20.1 Å². The van der Waals surface area contributed by atoms with Gasteiger partial charge in [-0.3, -0.25) is 4.79 Å². The minimum atomic E-state index is -2.97. The number of nitrogens with one attached hydrogen (secondary N) is 3. The minimum absolute atomic E-state index is 0.0177. The second kappa shape index (κ2) is 8.58. The summed E-state index contributed by atoms with van der Waals surface area (Å²) < 4.78 is 0. The molecule has 0 aromatic carbocycles. The Morgan fingerprint density at radius 2 is 1.96 bits per heavy atom. The molecule has 142 valence electrons. The smallest absolute Gasteiger partial charge is 0.267 e. The van der Waals surface area contributed by atoms with Gasteiger partial charge < -0.3 is 36.0 Å². The molecule has 2 aromatic rings. The summed E-state index contributed by atoms with van der Waals surface area (Å²) in [6, 6.07) is 1.11. The van der Waals surface area contributed by atoms with Gasteiger partial charge in [-0.05, 0) is 12.1 Å². The Bertz CT molecular complexity index is 824. The van der Waals surface area contributed by atoms with Gasteiger partial charge in [-0.2, -0.15) is 0 Å². The van der Waals surface area contributed by atoms with Crippen molar-refractivity contribution in [2.24, 2.45) is 0 Å². The summed E-state index contributed by atoms with van der Waals surface area (Å²) in [6.07, 6.45) is 2.78. The highest BCUT2D eigenvalue weighted by Crippen LogP contribution is 2.30. The standard InChI is InChI=1S/C15H16B3ClN4O5/c16-14(17,26)13(15(18,27)28)23-11-4-8(9(19)6-22-11)7-3-10(21-5-7)12(25)20-1-2-24/h3-6,13,21,24,26-28H,1-2H2,(H,20,25)(H,22,23). The molecule has 7 N–H and O–H groups in total. The van der Waals surface area contributed by atoms with Gasteiger partial charge in [0.15, 0.2) is 7.85 Å². The number of aromatic amines is 1. The SMILES string of the molecule is [B]C([B])(O)C(Nc1cc(-c2c[nH]c(C(=O)NCCO)c2)c(Cl)cn1)C([B])(O)O. The predicted molar refractivity (Wildman–Crippen MR) is 105 cm³/mol. The lowest BCUT2D eigenvalue weighted by Crippen LogP contribution is -2.62. The van der Waals surface area contributed by atoms with Crippen LogP contribution in [0.5, 0.6) is 0 Å². The van der Waals surface area contributed by atoms with E-state index in [1.807, 2.05) is 0 Å². The molecule has 0 aliphatic carbocycles. The van der Waals surface area contributed by atoms with Crippen LogP contribution in [0.25, 0.3) is 11.1 Å². The maximum atomic E-state index is 11.9. The van der Waals surface area contributed by atoms with Gasteiger partial charge in [-0.1, -0.05) is 11.6 Å². The van der Waals surface area contributed by atoms with Crippen LogP contribution < -0.4 is 10.6 Å². The van der Waals surface area contributed by atoms with E-state index in [1.165, 1.54) is 24.5 Å². The Morgan fingerprint density at radius 1 is 1.29 bits per heavy atom. The molecule has 0 fully saturated rings. The molecule has 28 heavy (non-hydrogen) atoms. The van der Waals surface area contributed by atoms with Crippen molar-refractivity contribution in [2.75, 3.05) is 18.5 Å². The second-order valence-corrected chi connectivity index (χ2v) is 6.49. The van der Waals surface area contributed by atoms with E-state index in [-0.39, 0.29) is 29.7 Å². The summed E-state index contributed by atoms with van der Waals surface area (Å²) in [7, 11) is 15.8. The van der Waals surface area contributed by atoms with E-state index in [1.54, 1.807) is 0 Å². The molecule has 9 nitrogen and oxygen atoms in total. The van der Waals surface area contributed by atoms with Crippen LogP contribution in [0.15, 0.2) is 24.5 Å². The van der Waals surface area contributed by atoms with Crippen LogP contribution in [0.3, 0.4) is 0 Å². The number of halogens is 1. The number of hydrogen-bond donors (Lipinski definition) is 7. The molecule has 13 heteroatoms. The number of anilines is 1. The van der Waals surface area contributed by atoms with E-state index >= 15 is 0 Å². The fourth-order valence-corrected chi connectivity index (χ4v) is 2.61. The first-order chi connectivity index (χ1) is 12.9. The molecule has 2 heterocycles. The average molecular weight is 400 g/mol. The number of aliphatic hydroxyl groups excluding tert-OH is 1. The average Bonchev–Trinajstić information content (AvgIpc) is 3.06. The monoisotopic (exact) mass is 400 g/mol. The maximum absolute atomic E-state index is 11.9. The molecular weight excluding hydrogens is 384 g/mol. The molecule has 1 unspecified atom stereocenters. The number of pyridine rings is 1. The first-order valence-corrected chi connectivity index (χ1v) is 8.35. The van der Waals surface area contributed by atoms with Crippen LogP contribution in [0.2, 0.25) is 5.02 Å². The first kappa shape index (κ1) is 22.3. The molecular formula is C15H16B3ClN4O5. The van der Waals surface area contributed by atoms with Crippen molar-refractivity contribution >= 4 is 46.9 Å². The predicted octanol–water partition coefficient (Wildman–Crippen LogP) is -1.98. The molecule has 0 spiro atoms. The van der Waals surface area contributed by atoms with Gasteiger partial charge in [0.25, 0.3) is 5.91 Å². The quantitative estimate of drug-likeness (QED) is 0.201. The number of rotatable bonds is 8. The molecule has 2 rings (SSSR count). The molecule has 6 radical (unpaired) electrons. The van der Waals surface area contributed by atoms with Gasteiger partial charge in [0, 0.05) is 35.5 Å². The Balaban J connectivity index is 2.31. The molecule has 0 aliphatic rings. The number of nitrogens with zero attached hydrogens (tertiary/aromatic N) is 1. The maximum Gasteiger partial charge on any atom is 0.267 e. The molecule has 2 aromatic heterocycles. The minimum Gasteiger partial charge on any atom is -0.407 e. The number of H-pyrrole nitrogens is 1. The van der Waals surface area contributed by atoms with E-state index in [0.717, 1.165) is 0 Å². The van der Waals surface area contributed by atoms with Gasteiger partial charge in [-0.25, -0.2) is 4.98 Å². The highest BCUT2D eigenvalue weighted by atomic mass is 35.5. The van der Waals surface area contributed by atoms with Crippen LogP contribution in [0.4, 0.5) is 5.82 Å². The van der Waals surface area contributed by atoms with Gasteiger partial charge >= 0.3 is 0 Å². The number of carbonyl (C=O) groups is 1. The molecule has 0 bridgehead atoms. The molecule has 1 amide bonds. The number of hydrogen-bond acceptors (Lipinski definition) is 7. The lowest BCUT2D eigenvalue weighted by Gasteiger charge is -2.39. The summed E-state index contributed by atoms with van der Waals surface area (Å²) in [5, 5.41) is 40.2. The number of amides is 1. The van der Waals surface area contributed by atoms with E-state index in [2.05, 4.69) is 20.6 Å². The Labute approximate surface area is 169 Å². The Morgan fingerprint density at radius 3 is 2.54 bits per heavy atom. The van der Waals surface area contributed by atoms with E-state index in [0.29, 0.717) is 11.1 Å². The summed E-state index contributed by atoms with van der Waals surface area (Å²) in [5.74, 6) is -0.405. The molecule has 0 aliphatic heterocycles. The highest BCUT2D eigenvalue weighted by molar-refractivity contribution is 6.40. The van der Waals surface area contributed by atoms with Crippen LogP contribution in [-0.2, 0) is 0 Å². The van der Waals surface area contributed by atoms with E-state index < -0.39 is 23.0 Å². The van der Waals surface area contributed by atoms with Crippen LogP contribution in [0, 0.1) is 0 Å². The third kappa shape index (κ3) is 5.52. The summed E-state index contributed by atoms with van der Waals surface area (Å²) in [5.41, 5.74) is -1.80. The Hall–Kier alpha value is -1.98. The van der Waals surface area contributed by atoms with Crippen molar-refractivity contribution in [3.63, 3.8) is 0 Å². The molecule has 0 saturated carbocycles. The number of aliphatic hydroxyl groups is 4. The largest absolute Gasteiger partial charge is 0.407 e. The molecule has 0 saturated heterocycles. The van der Waals surface area contributed by atoms with Gasteiger partial charge in [0.1, 0.15) is 32.9 Å². The van der Waals surface area contributed by atoms with Crippen molar-refractivity contribution in [1.82, 2.24) is 15.3 Å². The lowest BCUT2D eigenvalue weighted by atomic mass is 9.56. The van der Waals surface area contributed by atoms with Crippen LogP contribution >= 0.6 is 11.6 Å². The van der Waals surface area contributed by atoms with Gasteiger partial charge in [0.2, 0.25) is 0 Å². The molecule has 1 atom stereocenters. The normalized spacial score (nSPS) is 13.2. The third-order valence-corrected chi connectivity index (χ3v) is 3.97. The van der Waals surface area contributed by atoms with Crippen molar-refractivity contribution in [3.8, 4) is 11.1 Å². The topological polar surface area (TPSA) is 151 Å². The van der Waals surface area contributed by atoms with Crippen LogP contribution in [-0.4, -0.2) is 90.1 Å². The van der Waals surface area contributed by atoms with Gasteiger partial charge in [0.05, 0.1) is 17.7 Å². The zero-order valence-electron chi connectivity index (χ0n) is 14.6. The number of carbonyl (C=O) groups excluding carboxylic acids is 1. The van der Waals surface area contributed by atoms with Crippen LogP contribution in [0.1, 0.15) is 10.5 Å². The van der Waals surface area contributed by atoms with Gasteiger partial charge in [-0.15, -0.1) is 0 Å². The fraction of sp³-hybridized carbons (Fsp3) is 0.333. The lowest BCUT2D eigenvalue weighted by molar-refractivity contribution is -0.116. The summed E-state index contributed by atoms with van der Waals surface area (Å²) in [6.45, 7) is -0.0957. The first-order valence-electron chi connectivity index (χ1n) is 7.97. The Kier molecular flexibility index (Phi) is 6.84. The fourth-order valence-electron chi connectivity index (χ4n) is 2.39. The summed E-state index contributed by atoms with van der Waals surface area (Å²) in [4.78, 5) is 18.7.